The lowest BCUT2D eigenvalue weighted by atomic mass is 10.1. The SMILES string of the molecule is COc1ccc(C(O)c2csnn2)cc1OC. The molecule has 1 heterocycles. The molecule has 1 unspecified atom stereocenters. The van der Waals surface area contributed by atoms with E-state index in [4.69, 9.17) is 9.47 Å². The van der Waals surface area contributed by atoms with Gasteiger partial charge in [-0.25, -0.2) is 0 Å². The molecule has 0 radical (unpaired) electrons. The predicted octanol–water partition coefficient (Wildman–Crippen LogP) is 1.64. The van der Waals surface area contributed by atoms with E-state index in [0.717, 1.165) is 0 Å². The second-order valence-corrected chi connectivity index (χ2v) is 3.96. The third-order valence-electron chi connectivity index (χ3n) is 2.38. The molecule has 0 amide bonds. The van der Waals surface area contributed by atoms with Gasteiger partial charge in [-0.2, -0.15) is 0 Å². The van der Waals surface area contributed by atoms with Crippen LogP contribution in [-0.2, 0) is 0 Å². The van der Waals surface area contributed by atoms with E-state index in [9.17, 15) is 5.11 Å². The van der Waals surface area contributed by atoms with Gasteiger partial charge in [0.15, 0.2) is 11.5 Å². The van der Waals surface area contributed by atoms with Crippen LogP contribution in [-0.4, -0.2) is 28.9 Å². The van der Waals surface area contributed by atoms with Crippen LogP contribution in [0.5, 0.6) is 11.5 Å². The first kappa shape index (κ1) is 11.8. The van der Waals surface area contributed by atoms with E-state index in [-0.39, 0.29) is 0 Å². The first-order chi connectivity index (χ1) is 8.26. The summed E-state index contributed by atoms with van der Waals surface area (Å²) in [5.74, 6) is 1.20. The maximum absolute atomic E-state index is 10.1. The molecule has 1 atom stereocenters. The van der Waals surface area contributed by atoms with Gasteiger partial charge in [-0.1, -0.05) is 10.6 Å². The average molecular weight is 252 g/mol. The lowest BCUT2D eigenvalue weighted by molar-refractivity contribution is 0.214. The molecule has 2 aromatic rings. The summed E-state index contributed by atoms with van der Waals surface area (Å²) < 4.78 is 14.0. The fourth-order valence-electron chi connectivity index (χ4n) is 1.48. The summed E-state index contributed by atoms with van der Waals surface area (Å²) in [6, 6.07) is 5.24. The van der Waals surface area contributed by atoms with Gasteiger partial charge < -0.3 is 14.6 Å². The van der Waals surface area contributed by atoms with Crippen LogP contribution < -0.4 is 9.47 Å². The molecule has 1 aromatic carbocycles. The molecule has 1 aromatic heterocycles. The molecule has 0 aliphatic heterocycles. The van der Waals surface area contributed by atoms with Crippen molar-refractivity contribution < 1.29 is 14.6 Å². The van der Waals surface area contributed by atoms with Crippen molar-refractivity contribution in [2.75, 3.05) is 14.2 Å². The highest BCUT2D eigenvalue weighted by molar-refractivity contribution is 7.03. The third-order valence-corrected chi connectivity index (χ3v) is 2.90. The molecule has 0 aliphatic rings. The first-order valence-electron chi connectivity index (χ1n) is 4.93. The van der Waals surface area contributed by atoms with Crippen molar-refractivity contribution in [3.05, 3.63) is 34.8 Å². The van der Waals surface area contributed by atoms with Crippen molar-refractivity contribution in [3.63, 3.8) is 0 Å². The van der Waals surface area contributed by atoms with Crippen LogP contribution in [0.3, 0.4) is 0 Å². The van der Waals surface area contributed by atoms with Gasteiger partial charge in [-0.15, -0.1) is 5.10 Å². The topological polar surface area (TPSA) is 64.5 Å². The zero-order chi connectivity index (χ0) is 12.3. The maximum atomic E-state index is 10.1. The molecule has 0 fully saturated rings. The van der Waals surface area contributed by atoms with E-state index in [0.29, 0.717) is 22.8 Å². The number of rotatable bonds is 4. The van der Waals surface area contributed by atoms with Crippen LogP contribution in [0.2, 0.25) is 0 Å². The van der Waals surface area contributed by atoms with Crippen LogP contribution >= 0.6 is 11.5 Å². The van der Waals surface area contributed by atoms with Crippen LogP contribution in [0.1, 0.15) is 17.4 Å². The van der Waals surface area contributed by atoms with Gasteiger partial charge >= 0.3 is 0 Å². The smallest absolute Gasteiger partial charge is 0.161 e. The fraction of sp³-hybridized carbons (Fsp3) is 0.273. The largest absolute Gasteiger partial charge is 0.493 e. The number of ether oxygens (including phenoxy) is 2. The summed E-state index contributed by atoms with van der Waals surface area (Å²) >= 11 is 1.20. The Morgan fingerprint density at radius 1 is 1.24 bits per heavy atom. The van der Waals surface area contributed by atoms with Gasteiger partial charge in [0.1, 0.15) is 11.8 Å². The average Bonchev–Trinajstić information content (AvgIpc) is 2.90. The highest BCUT2D eigenvalue weighted by Crippen LogP contribution is 2.31. The van der Waals surface area contributed by atoms with Crippen LogP contribution in [0.4, 0.5) is 0 Å². The highest BCUT2D eigenvalue weighted by atomic mass is 32.1. The number of aromatic nitrogens is 2. The van der Waals surface area contributed by atoms with Gasteiger partial charge in [0.2, 0.25) is 0 Å². The Labute approximate surface area is 103 Å². The summed E-state index contributed by atoms with van der Waals surface area (Å²) in [5.41, 5.74) is 1.22. The predicted molar refractivity (Wildman–Crippen MR) is 63.5 cm³/mol. The van der Waals surface area contributed by atoms with Crippen LogP contribution in [0.25, 0.3) is 0 Å². The lowest BCUT2D eigenvalue weighted by Crippen LogP contribution is -2.01. The van der Waals surface area contributed by atoms with Gasteiger partial charge in [0, 0.05) is 5.38 Å². The van der Waals surface area contributed by atoms with E-state index < -0.39 is 6.10 Å². The van der Waals surface area contributed by atoms with E-state index >= 15 is 0 Å². The fourth-order valence-corrected chi connectivity index (χ4v) is 1.96. The number of benzene rings is 1. The number of hydrogen-bond donors (Lipinski definition) is 1. The van der Waals surface area contributed by atoms with Crippen LogP contribution in [0, 0.1) is 0 Å². The molecule has 90 valence electrons. The Hall–Kier alpha value is -1.66. The summed E-state index contributed by atoms with van der Waals surface area (Å²) in [7, 11) is 3.12. The summed E-state index contributed by atoms with van der Waals surface area (Å²) in [5, 5.41) is 15.6. The van der Waals surface area contributed by atoms with E-state index in [2.05, 4.69) is 9.59 Å². The van der Waals surface area contributed by atoms with Gasteiger partial charge in [-0.3, -0.25) is 0 Å². The summed E-state index contributed by atoms with van der Waals surface area (Å²) in [4.78, 5) is 0. The lowest BCUT2D eigenvalue weighted by Gasteiger charge is -2.12. The zero-order valence-corrected chi connectivity index (χ0v) is 10.3. The minimum absolute atomic E-state index is 0.530. The molecular weight excluding hydrogens is 240 g/mol. The molecule has 0 saturated carbocycles. The molecule has 6 heteroatoms. The summed E-state index contributed by atoms with van der Waals surface area (Å²) in [6.07, 6.45) is -0.798. The van der Waals surface area contributed by atoms with E-state index in [1.54, 1.807) is 37.8 Å². The minimum atomic E-state index is -0.798. The Balaban J connectivity index is 2.33. The quantitative estimate of drug-likeness (QED) is 0.896. The first-order valence-corrected chi connectivity index (χ1v) is 5.77. The molecule has 0 saturated heterocycles. The molecule has 0 spiro atoms. The molecule has 2 rings (SSSR count). The number of methoxy groups -OCH3 is 2. The van der Waals surface area contributed by atoms with Crippen LogP contribution in [0.15, 0.2) is 23.6 Å². The Kier molecular flexibility index (Phi) is 3.55. The monoisotopic (exact) mass is 252 g/mol. The van der Waals surface area contributed by atoms with Crippen molar-refractivity contribution in [1.82, 2.24) is 9.59 Å². The summed E-state index contributed by atoms with van der Waals surface area (Å²) in [6.45, 7) is 0. The van der Waals surface area contributed by atoms with Gasteiger partial charge in [-0.05, 0) is 29.2 Å². The van der Waals surface area contributed by atoms with Crippen molar-refractivity contribution in [2.45, 2.75) is 6.10 Å². The Morgan fingerprint density at radius 3 is 2.59 bits per heavy atom. The molecule has 0 aliphatic carbocycles. The molecule has 5 nitrogen and oxygen atoms in total. The number of aliphatic hydroxyl groups excluding tert-OH is 1. The van der Waals surface area contributed by atoms with Crippen molar-refractivity contribution >= 4 is 11.5 Å². The van der Waals surface area contributed by atoms with E-state index in [1.165, 1.54) is 11.5 Å². The molecule has 1 N–H and O–H groups in total. The number of hydrogen-bond acceptors (Lipinski definition) is 6. The number of aliphatic hydroxyl groups is 1. The minimum Gasteiger partial charge on any atom is -0.493 e. The Bertz CT molecular complexity index is 487. The van der Waals surface area contributed by atoms with Crippen molar-refractivity contribution in [1.29, 1.82) is 0 Å². The van der Waals surface area contributed by atoms with Crippen molar-refractivity contribution in [3.8, 4) is 11.5 Å². The Morgan fingerprint density at radius 2 is 2.00 bits per heavy atom. The molecular formula is C11H12N2O3S. The second-order valence-electron chi connectivity index (χ2n) is 3.35. The van der Waals surface area contributed by atoms with Crippen molar-refractivity contribution in [2.24, 2.45) is 0 Å². The molecule has 17 heavy (non-hydrogen) atoms. The second kappa shape index (κ2) is 5.11. The zero-order valence-electron chi connectivity index (χ0n) is 9.45. The standard InChI is InChI=1S/C11H12N2O3S/c1-15-9-4-3-7(5-10(9)16-2)11(14)8-6-17-13-12-8/h3-6,11,14H,1-2H3. The maximum Gasteiger partial charge on any atom is 0.161 e. The highest BCUT2D eigenvalue weighted by Gasteiger charge is 2.15. The normalized spacial score (nSPS) is 12.2. The van der Waals surface area contributed by atoms with Gasteiger partial charge in [0.25, 0.3) is 0 Å². The third kappa shape index (κ3) is 2.37. The number of nitrogens with zero attached hydrogens (tertiary/aromatic N) is 2. The molecule has 0 bridgehead atoms. The van der Waals surface area contributed by atoms with Gasteiger partial charge in [0.05, 0.1) is 14.2 Å². The van der Waals surface area contributed by atoms with E-state index in [1.807, 2.05) is 0 Å².